The molecular weight excluding hydrogens is 280 g/mol. The summed E-state index contributed by atoms with van der Waals surface area (Å²) in [6.07, 6.45) is 0. The predicted molar refractivity (Wildman–Crippen MR) is 82.3 cm³/mol. The second-order valence-corrected chi connectivity index (χ2v) is 4.58. The second kappa shape index (κ2) is 7.81. The Morgan fingerprint density at radius 3 is 2.82 bits per heavy atom. The third-order valence-electron chi connectivity index (χ3n) is 3.00. The Bertz CT molecular complexity index is 692. The predicted octanol–water partition coefficient (Wildman–Crippen LogP) is 2.32. The van der Waals surface area contributed by atoms with Crippen molar-refractivity contribution in [3.8, 4) is 6.07 Å². The van der Waals surface area contributed by atoms with Crippen molar-refractivity contribution < 1.29 is 14.6 Å². The van der Waals surface area contributed by atoms with Gasteiger partial charge in [0.05, 0.1) is 23.8 Å². The van der Waals surface area contributed by atoms with Crippen molar-refractivity contribution in [1.82, 2.24) is 0 Å². The number of aliphatic hydroxyl groups excluding tert-OH is 1. The van der Waals surface area contributed by atoms with E-state index in [-0.39, 0.29) is 13.2 Å². The molecule has 2 aromatic rings. The van der Waals surface area contributed by atoms with Gasteiger partial charge in [-0.25, -0.2) is 4.79 Å². The summed E-state index contributed by atoms with van der Waals surface area (Å²) in [5.74, 6) is -0.455. The molecule has 0 saturated heterocycles. The summed E-state index contributed by atoms with van der Waals surface area (Å²) in [5, 5.41) is 20.7. The molecule has 2 rings (SSSR count). The van der Waals surface area contributed by atoms with E-state index in [1.807, 2.05) is 6.07 Å². The van der Waals surface area contributed by atoms with E-state index in [4.69, 9.17) is 15.1 Å². The molecule has 2 aromatic carbocycles. The van der Waals surface area contributed by atoms with Gasteiger partial charge >= 0.3 is 5.97 Å². The van der Waals surface area contributed by atoms with Crippen molar-refractivity contribution in [2.75, 3.05) is 18.5 Å². The lowest BCUT2D eigenvalue weighted by Gasteiger charge is -2.11. The highest BCUT2D eigenvalue weighted by Gasteiger charge is 2.12. The zero-order valence-corrected chi connectivity index (χ0v) is 12.0. The standard InChI is InChI=1S/C17H16N2O3/c18-11-13-4-3-5-14(10-13)12-22-17(21)15-6-1-2-7-16(15)19-8-9-20/h1-7,10,19-20H,8-9,12H2. The zero-order chi connectivity index (χ0) is 15.8. The molecule has 0 bridgehead atoms. The number of aliphatic hydroxyl groups is 1. The monoisotopic (exact) mass is 296 g/mol. The van der Waals surface area contributed by atoms with Crippen LogP contribution in [0.3, 0.4) is 0 Å². The van der Waals surface area contributed by atoms with Gasteiger partial charge in [-0.1, -0.05) is 24.3 Å². The minimum atomic E-state index is -0.455. The molecule has 5 nitrogen and oxygen atoms in total. The number of nitrogens with zero attached hydrogens (tertiary/aromatic N) is 1. The number of nitriles is 1. The number of carbonyl (C=O) groups is 1. The average molecular weight is 296 g/mol. The number of para-hydroxylation sites is 1. The number of nitrogens with one attached hydrogen (secondary N) is 1. The Morgan fingerprint density at radius 2 is 2.05 bits per heavy atom. The Kier molecular flexibility index (Phi) is 5.52. The highest BCUT2D eigenvalue weighted by atomic mass is 16.5. The van der Waals surface area contributed by atoms with Gasteiger partial charge in [-0.3, -0.25) is 0 Å². The molecule has 0 spiro atoms. The quantitative estimate of drug-likeness (QED) is 0.799. The number of hydrogen-bond acceptors (Lipinski definition) is 5. The molecule has 0 heterocycles. The molecule has 2 N–H and O–H groups in total. The van der Waals surface area contributed by atoms with Crippen molar-refractivity contribution in [3.05, 3.63) is 65.2 Å². The van der Waals surface area contributed by atoms with Crippen LogP contribution in [0.25, 0.3) is 0 Å². The number of benzene rings is 2. The summed E-state index contributed by atoms with van der Waals surface area (Å²) in [5.41, 5.74) is 2.31. The third-order valence-corrected chi connectivity index (χ3v) is 3.00. The van der Waals surface area contributed by atoms with E-state index in [9.17, 15) is 4.79 Å². The highest BCUT2D eigenvalue weighted by molar-refractivity contribution is 5.95. The number of rotatable bonds is 6. The van der Waals surface area contributed by atoms with Crippen LogP contribution in [0.15, 0.2) is 48.5 Å². The van der Waals surface area contributed by atoms with Crippen molar-refractivity contribution in [2.45, 2.75) is 6.61 Å². The van der Waals surface area contributed by atoms with Crippen LogP contribution in [0.2, 0.25) is 0 Å². The minimum Gasteiger partial charge on any atom is -0.457 e. The smallest absolute Gasteiger partial charge is 0.340 e. The van der Waals surface area contributed by atoms with Gasteiger partial charge in [-0.2, -0.15) is 5.26 Å². The van der Waals surface area contributed by atoms with Crippen LogP contribution in [0.4, 0.5) is 5.69 Å². The maximum absolute atomic E-state index is 12.2. The first kappa shape index (κ1) is 15.5. The van der Waals surface area contributed by atoms with Gasteiger partial charge in [0.15, 0.2) is 0 Å². The molecule has 0 aliphatic heterocycles. The number of esters is 1. The van der Waals surface area contributed by atoms with Crippen LogP contribution >= 0.6 is 0 Å². The molecule has 0 atom stereocenters. The zero-order valence-electron chi connectivity index (χ0n) is 12.0. The minimum absolute atomic E-state index is 0.0235. The van der Waals surface area contributed by atoms with Crippen molar-refractivity contribution >= 4 is 11.7 Å². The third kappa shape index (κ3) is 4.08. The molecular formula is C17H16N2O3. The summed E-state index contributed by atoms with van der Waals surface area (Å²) in [4.78, 5) is 12.2. The Hall–Kier alpha value is -2.84. The van der Waals surface area contributed by atoms with Crippen molar-refractivity contribution in [3.63, 3.8) is 0 Å². The van der Waals surface area contributed by atoms with Crippen LogP contribution in [0.5, 0.6) is 0 Å². The van der Waals surface area contributed by atoms with Crippen LogP contribution in [0.1, 0.15) is 21.5 Å². The first-order chi connectivity index (χ1) is 10.7. The molecule has 112 valence electrons. The van der Waals surface area contributed by atoms with Crippen LogP contribution < -0.4 is 5.32 Å². The number of hydrogen-bond donors (Lipinski definition) is 2. The fraction of sp³-hybridized carbons (Fsp3) is 0.176. The highest BCUT2D eigenvalue weighted by Crippen LogP contribution is 2.17. The molecule has 0 aromatic heterocycles. The lowest BCUT2D eigenvalue weighted by Crippen LogP contribution is -2.12. The molecule has 22 heavy (non-hydrogen) atoms. The van der Waals surface area contributed by atoms with E-state index in [0.29, 0.717) is 23.4 Å². The van der Waals surface area contributed by atoms with E-state index in [0.717, 1.165) is 5.56 Å². The first-order valence-electron chi connectivity index (χ1n) is 6.84. The first-order valence-corrected chi connectivity index (χ1v) is 6.84. The Labute approximate surface area is 128 Å². The normalized spacial score (nSPS) is 9.82. The number of ether oxygens (including phenoxy) is 1. The summed E-state index contributed by atoms with van der Waals surface area (Å²) >= 11 is 0. The van der Waals surface area contributed by atoms with Crippen LogP contribution in [-0.4, -0.2) is 24.2 Å². The molecule has 0 amide bonds. The average Bonchev–Trinajstić information content (AvgIpc) is 2.58. The Morgan fingerprint density at radius 1 is 1.23 bits per heavy atom. The van der Waals surface area contributed by atoms with Crippen molar-refractivity contribution in [2.24, 2.45) is 0 Å². The lowest BCUT2D eigenvalue weighted by molar-refractivity contribution is 0.0474. The molecule has 0 radical (unpaired) electrons. The van der Waals surface area contributed by atoms with Crippen LogP contribution in [0, 0.1) is 11.3 Å². The fourth-order valence-corrected chi connectivity index (χ4v) is 1.96. The fourth-order valence-electron chi connectivity index (χ4n) is 1.96. The molecule has 0 saturated carbocycles. The van der Waals surface area contributed by atoms with Gasteiger partial charge in [-0.15, -0.1) is 0 Å². The number of anilines is 1. The summed E-state index contributed by atoms with van der Waals surface area (Å²) in [6, 6.07) is 15.9. The molecule has 0 fully saturated rings. The molecule has 5 heteroatoms. The summed E-state index contributed by atoms with van der Waals surface area (Å²) in [7, 11) is 0. The SMILES string of the molecule is N#Cc1cccc(COC(=O)c2ccccc2NCCO)c1. The second-order valence-electron chi connectivity index (χ2n) is 4.58. The van der Waals surface area contributed by atoms with Gasteiger partial charge in [-0.05, 0) is 29.8 Å². The van der Waals surface area contributed by atoms with Crippen molar-refractivity contribution in [1.29, 1.82) is 5.26 Å². The van der Waals surface area contributed by atoms with E-state index in [2.05, 4.69) is 5.32 Å². The van der Waals surface area contributed by atoms with Gasteiger partial charge in [0.2, 0.25) is 0 Å². The van der Waals surface area contributed by atoms with Gasteiger partial charge in [0, 0.05) is 12.2 Å². The van der Waals surface area contributed by atoms with E-state index in [1.54, 1.807) is 48.5 Å². The van der Waals surface area contributed by atoms with E-state index < -0.39 is 5.97 Å². The molecule has 0 unspecified atom stereocenters. The summed E-state index contributed by atoms with van der Waals surface area (Å²) < 4.78 is 5.28. The summed E-state index contributed by atoms with van der Waals surface area (Å²) in [6.45, 7) is 0.432. The van der Waals surface area contributed by atoms with E-state index >= 15 is 0 Å². The lowest BCUT2D eigenvalue weighted by atomic mass is 10.1. The topological polar surface area (TPSA) is 82.3 Å². The maximum atomic E-state index is 12.2. The largest absolute Gasteiger partial charge is 0.457 e. The maximum Gasteiger partial charge on any atom is 0.340 e. The Balaban J connectivity index is 2.04. The van der Waals surface area contributed by atoms with E-state index in [1.165, 1.54) is 0 Å². The van der Waals surface area contributed by atoms with Gasteiger partial charge in [0.25, 0.3) is 0 Å². The van der Waals surface area contributed by atoms with Gasteiger partial charge in [0.1, 0.15) is 6.61 Å². The van der Waals surface area contributed by atoms with Gasteiger partial charge < -0.3 is 15.2 Å². The molecule has 0 aliphatic carbocycles. The number of carbonyl (C=O) groups excluding carboxylic acids is 1. The van der Waals surface area contributed by atoms with Crippen LogP contribution in [-0.2, 0) is 11.3 Å². The molecule has 0 aliphatic rings.